The molecule has 1 aromatic heterocycles. The largest absolute Gasteiger partial charge is 0.483 e. The van der Waals surface area contributed by atoms with E-state index in [4.69, 9.17) is 14.4 Å². The van der Waals surface area contributed by atoms with Gasteiger partial charge < -0.3 is 9.63 Å². The number of carbonyl (C=O) groups is 1. The fraction of sp³-hybridized carbons (Fsp3) is 0.550. The van der Waals surface area contributed by atoms with Gasteiger partial charge in [-0.05, 0) is 24.3 Å². The minimum Gasteiger partial charge on any atom is -0.483 e. The van der Waals surface area contributed by atoms with Gasteiger partial charge in [0, 0.05) is 38.5 Å². The van der Waals surface area contributed by atoms with E-state index in [1.807, 2.05) is 6.07 Å². The standard InChI is InChI=1S/C19H26N4O3S.CH2O2/c1-15-20-18(21-26-15)12-22-10-17-11-23(27(2,24)25)14-19(17,13-22)9-8-16-6-4-3-5-7-16;2-1-3/h3-7,17H,8-14H2,1-2H3;1H,(H,2,3)/t17-,19+;/m0./s1. The highest BCUT2D eigenvalue weighted by atomic mass is 32.2. The predicted molar refractivity (Wildman–Crippen MR) is 110 cm³/mol. The molecule has 0 unspecified atom stereocenters. The zero-order valence-electron chi connectivity index (χ0n) is 17.3. The highest BCUT2D eigenvalue weighted by molar-refractivity contribution is 7.88. The summed E-state index contributed by atoms with van der Waals surface area (Å²) in [5.41, 5.74) is 1.29. The van der Waals surface area contributed by atoms with Gasteiger partial charge in [-0.25, -0.2) is 12.7 Å². The van der Waals surface area contributed by atoms with Crippen molar-refractivity contribution in [3.8, 4) is 0 Å². The van der Waals surface area contributed by atoms with Crippen LogP contribution in [0.5, 0.6) is 0 Å². The van der Waals surface area contributed by atoms with Crippen LogP contribution in [0.1, 0.15) is 23.7 Å². The first-order valence-electron chi connectivity index (χ1n) is 9.84. The van der Waals surface area contributed by atoms with Crippen LogP contribution < -0.4 is 0 Å². The second-order valence-electron chi connectivity index (χ2n) is 8.11. The first-order chi connectivity index (χ1) is 14.3. The lowest BCUT2D eigenvalue weighted by Crippen LogP contribution is -2.36. The number of fused-ring (bicyclic) bond motifs is 1. The molecule has 0 saturated carbocycles. The van der Waals surface area contributed by atoms with Gasteiger partial charge in [0.1, 0.15) is 0 Å². The molecule has 2 aromatic rings. The molecule has 30 heavy (non-hydrogen) atoms. The number of benzene rings is 1. The monoisotopic (exact) mass is 436 g/mol. The molecule has 0 spiro atoms. The van der Waals surface area contributed by atoms with Gasteiger partial charge in [-0.2, -0.15) is 4.98 Å². The molecule has 1 aromatic carbocycles. The highest BCUT2D eigenvalue weighted by Gasteiger charge is 2.53. The molecular formula is C20H28N4O5S. The van der Waals surface area contributed by atoms with Crippen molar-refractivity contribution in [3.63, 3.8) is 0 Å². The van der Waals surface area contributed by atoms with E-state index >= 15 is 0 Å². The number of hydrogen-bond donors (Lipinski definition) is 1. The number of aryl methyl sites for hydroxylation is 2. The molecule has 2 saturated heterocycles. The van der Waals surface area contributed by atoms with E-state index in [9.17, 15) is 8.42 Å². The summed E-state index contributed by atoms with van der Waals surface area (Å²) in [5, 5.41) is 10.9. The summed E-state index contributed by atoms with van der Waals surface area (Å²) >= 11 is 0. The topological polar surface area (TPSA) is 117 Å². The lowest BCUT2D eigenvalue weighted by Gasteiger charge is -2.29. The molecule has 1 N–H and O–H groups in total. The molecule has 3 heterocycles. The van der Waals surface area contributed by atoms with Gasteiger partial charge >= 0.3 is 0 Å². The van der Waals surface area contributed by atoms with E-state index in [2.05, 4.69) is 39.3 Å². The van der Waals surface area contributed by atoms with Crippen molar-refractivity contribution < 1.29 is 22.8 Å². The molecule has 2 aliphatic heterocycles. The first-order valence-corrected chi connectivity index (χ1v) is 11.7. The molecule has 2 aliphatic rings. The summed E-state index contributed by atoms with van der Waals surface area (Å²) in [6, 6.07) is 10.4. The van der Waals surface area contributed by atoms with Crippen LogP contribution in [0.3, 0.4) is 0 Å². The van der Waals surface area contributed by atoms with Crippen molar-refractivity contribution in [1.29, 1.82) is 0 Å². The zero-order valence-corrected chi connectivity index (χ0v) is 18.1. The van der Waals surface area contributed by atoms with Crippen molar-refractivity contribution in [3.05, 3.63) is 47.6 Å². The molecule has 0 amide bonds. The Hall–Kier alpha value is -2.30. The number of nitrogens with zero attached hydrogens (tertiary/aromatic N) is 4. The van der Waals surface area contributed by atoms with E-state index < -0.39 is 10.0 Å². The Labute approximate surface area is 176 Å². The van der Waals surface area contributed by atoms with Crippen LogP contribution in [0, 0.1) is 18.3 Å². The molecule has 0 bridgehead atoms. The number of rotatable bonds is 6. The third kappa shape index (κ3) is 5.24. The van der Waals surface area contributed by atoms with E-state index in [0.29, 0.717) is 37.3 Å². The molecule has 9 nitrogen and oxygen atoms in total. The van der Waals surface area contributed by atoms with Gasteiger partial charge in [0.25, 0.3) is 6.47 Å². The zero-order chi connectivity index (χ0) is 21.8. The summed E-state index contributed by atoms with van der Waals surface area (Å²) in [4.78, 5) is 15.0. The number of sulfonamides is 1. The van der Waals surface area contributed by atoms with Crippen LogP contribution >= 0.6 is 0 Å². The van der Waals surface area contributed by atoms with Crippen molar-refractivity contribution in [2.45, 2.75) is 26.3 Å². The van der Waals surface area contributed by atoms with Gasteiger partial charge in [-0.3, -0.25) is 9.69 Å². The number of aromatic nitrogens is 2. The molecule has 10 heteroatoms. The summed E-state index contributed by atoms with van der Waals surface area (Å²) in [5.74, 6) is 1.61. The third-order valence-corrected chi connectivity index (χ3v) is 7.17. The van der Waals surface area contributed by atoms with Crippen LogP contribution in [0.15, 0.2) is 34.9 Å². The summed E-state index contributed by atoms with van der Waals surface area (Å²) in [7, 11) is -3.16. The Morgan fingerprint density at radius 1 is 1.27 bits per heavy atom. The molecule has 164 valence electrons. The van der Waals surface area contributed by atoms with Gasteiger partial charge in [-0.15, -0.1) is 0 Å². The lowest BCUT2D eigenvalue weighted by molar-refractivity contribution is -0.122. The van der Waals surface area contributed by atoms with Crippen LogP contribution in [0.2, 0.25) is 0 Å². The maximum absolute atomic E-state index is 12.1. The summed E-state index contributed by atoms with van der Waals surface area (Å²) in [6.45, 7) is 5.14. The second kappa shape index (κ2) is 9.23. The number of likely N-dealkylation sites (tertiary alicyclic amines) is 1. The van der Waals surface area contributed by atoms with Gasteiger partial charge in [0.15, 0.2) is 5.82 Å². The van der Waals surface area contributed by atoms with E-state index in [-0.39, 0.29) is 11.9 Å². The van der Waals surface area contributed by atoms with Crippen molar-refractivity contribution in [2.24, 2.45) is 11.3 Å². The first kappa shape index (κ1) is 22.4. The Bertz CT molecular complexity index is 949. The van der Waals surface area contributed by atoms with Gasteiger partial charge in [-0.1, -0.05) is 35.5 Å². The van der Waals surface area contributed by atoms with E-state index in [0.717, 1.165) is 25.9 Å². The number of carboxylic acid groups (broad SMARTS) is 1. The van der Waals surface area contributed by atoms with Crippen molar-refractivity contribution >= 4 is 16.5 Å². The fourth-order valence-electron chi connectivity index (χ4n) is 4.62. The Morgan fingerprint density at radius 3 is 2.57 bits per heavy atom. The Morgan fingerprint density at radius 2 is 1.97 bits per heavy atom. The SMILES string of the molecule is Cc1nc(CN2C[C@H]3CN(S(C)(=O)=O)C[C@@]3(CCc3ccccc3)C2)no1.O=CO. The van der Waals surface area contributed by atoms with Crippen LogP contribution in [0.4, 0.5) is 0 Å². The lowest BCUT2D eigenvalue weighted by atomic mass is 9.76. The molecule has 0 aliphatic carbocycles. The minimum atomic E-state index is -3.16. The molecular weight excluding hydrogens is 408 g/mol. The van der Waals surface area contributed by atoms with Crippen molar-refractivity contribution in [1.82, 2.24) is 19.3 Å². The second-order valence-corrected chi connectivity index (χ2v) is 10.1. The molecule has 2 fully saturated rings. The third-order valence-electron chi connectivity index (χ3n) is 5.96. The van der Waals surface area contributed by atoms with E-state index in [1.54, 1.807) is 11.2 Å². The quantitative estimate of drug-likeness (QED) is 0.676. The molecule has 4 rings (SSSR count). The molecule has 2 atom stereocenters. The van der Waals surface area contributed by atoms with Gasteiger partial charge in [0.2, 0.25) is 15.9 Å². The normalized spacial score (nSPS) is 24.3. The Kier molecular flexibility index (Phi) is 6.89. The van der Waals surface area contributed by atoms with Crippen LogP contribution in [-0.4, -0.2) is 71.8 Å². The maximum atomic E-state index is 12.1. The van der Waals surface area contributed by atoms with Crippen LogP contribution in [-0.2, 0) is 27.8 Å². The molecule has 0 radical (unpaired) electrons. The number of hydrogen-bond acceptors (Lipinski definition) is 7. The maximum Gasteiger partial charge on any atom is 0.290 e. The smallest absolute Gasteiger partial charge is 0.290 e. The van der Waals surface area contributed by atoms with Crippen molar-refractivity contribution in [2.75, 3.05) is 32.4 Å². The minimum absolute atomic E-state index is 0.0162. The summed E-state index contributed by atoms with van der Waals surface area (Å²) in [6.07, 6.45) is 3.26. The van der Waals surface area contributed by atoms with E-state index in [1.165, 1.54) is 11.8 Å². The predicted octanol–water partition coefficient (Wildman–Crippen LogP) is 1.41. The van der Waals surface area contributed by atoms with Gasteiger partial charge in [0.05, 0.1) is 12.8 Å². The summed E-state index contributed by atoms with van der Waals surface area (Å²) < 4.78 is 31.0. The average molecular weight is 437 g/mol. The average Bonchev–Trinajstić information content (AvgIpc) is 3.34. The van der Waals surface area contributed by atoms with Crippen LogP contribution in [0.25, 0.3) is 0 Å². The highest BCUT2D eigenvalue weighted by Crippen LogP contribution is 2.46. The fourth-order valence-corrected chi connectivity index (χ4v) is 5.56. The Balaban J connectivity index is 0.000000806.